The van der Waals surface area contributed by atoms with E-state index in [9.17, 15) is 13.2 Å². The third-order valence-corrected chi connectivity index (χ3v) is 4.41. The minimum Gasteiger partial charge on any atom is -0.489 e. The monoisotopic (exact) mass is 340 g/mol. The van der Waals surface area contributed by atoms with Gasteiger partial charge in [-0.05, 0) is 36.3 Å². The number of ether oxygens (including phenoxy) is 1. The Balaban J connectivity index is 2.90. The highest BCUT2D eigenvalue weighted by molar-refractivity contribution is 7.89. The minimum atomic E-state index is -3.91. The van der Waals surface area contributed by atoms with Gasteiger partial charge in [-0.25, -0.2) is 13.9 Å². The Hall–Kier alpha value is -2.12. The molecule has 23 heavy (non-hydrogen) atoms. The fourth-order valence-electron chi connectivity index (χ4n) is 1.71. The Morgan fingerprint density at radius 1 is 1.39 bits per heavy atom. The van der Waals surface area contributed by atoms with Gasteiger partial charge in [0.1, 0.15) is 18.4 Å². The van der Waals surface area contributed by atoms with Gasteiger partial charge in [-0.15, -0.1) is 5.73 Å². The number of hydrogen-bond acceptors (Lipinski definition) is 5. The second kappa shape index (κ2) is 8.50. The molecular formula is C15H20N2O5S. The van der Waals surface area contributed by atoms with Crippen LogP contribution in [-0.2, 0) is 14.8 Å². The predicted octanol–water partition coefficient (Wildman–Crippen LogP) is 1.21. The molecule has 1 atom stereocenters. The second-order valence-corrected chi connectivity index (χ2v) is 6.72. The smallest absolute Gasteiger partial charge is 0.261 e. The van der Waals surface area contributed by atoms with Crippen LogP contribution < -0.4 is 14.9 Å². The standard InChI is InChI=1S/C15H20N2O5S/c1-4-5-10-22-12-6-8-13(9-7-12)23(20,21)17-14(11(2)3)15(18)16-19/h5-9,11,14,17,19H,1,10H2,2-3H3,(H,16,18). The number of amides is 1. The van der Waals surface area contributed by atoms with Crippen molar-refractivity contribution in [1.82, 2.24) is 10.2 Å². The van der Waals surface area contributed by atoms with E-state index in [1.807, 2.05) is 0 Å². The van der Waals surface area contributed by atoms with Crippen LogP contribution in [0.4, 0.5) is 0 Å². The van der Waals surface area contributed by atoms with E-state index >= 15 is 0 Å². The Labute approximate surface area is 135 Å². The third kappa shape index (κ3) is 5.54. The quantitative estimate of drug-likeness (QED) is 0.375. The predicted molar refractivity (Wildman–Crippen MR) is 84.5 cm³/mol. The lowest BCUT2D eigenvalue weighted by molar-refractivity contribution is -0.131. The third-order valence-electron chi connectivity index (χ3n) is 2.95. The summed E-state index contributed by atoms with van der Waals surface area (Å²) in [4.78, 5) is 11.5. The average Bonchev–Trinajstić information content (AvgIpc) is 2.52. The van der Waals surface area contributed by atoms with Crippen molar-refractivity contribution in [2.75, 3.05) is 6.61 Å². The van der Waals surface area contributed by atoms with Crippen molar-refractivity contribution in [3.8, 4) is 5.75 Å². The van der Waals surface area contributed by atoms with E-state index in [-0.39, 0.29) is 17.4 Å². The Morgan fingerprint density at radius 3 is 2.48 bits per heavy atom. The summed E-state index contributed by atoms with van der Waals surface area (Å²) in [6, 6.07) is 4.65. The van der Waals surface area contributed by atoms with E-state index in [4.69, 9.17) is 9.94 Å². The molecule has 1 amide bonds. The summed E-state index contributed by atoms with van der Waals surface area (Å²) in [7, 11) is -3.91. The average molecular weight is 340 g/mol. The maximum atomic E-state index is 12.3. The van der Waals surface area contributed by atoms with E-state index in [1.165, 1.54) is 29.7 Å². The van der Waals surface area contributed by atoms with Crippen LogP contribution in [0.5, 0.6) is 5.75 Å². The summed E-state index contributed by atoms with van der Waals surface area (Å²) in [6.07, 6.45) is 1.59. The van der Waals surface area contributed by atoms with Crippen LogP contribution >= 0.6 is 0 Å². The van der Waals surface area contributed by atoms with E-state index < -0.39 is 22.0 Å². The lowest BCUT2D eigenvalue weighted by Gasteiger charge is -2.20. The van der Waals surface area contributed by atoms with Crippen LogP contribution in [0.25, 0.3) is 0 Å². The molecule has 8 heteroatoms. The fraction of sp³-hybridized carbons (Fsp3) is 0.333. The molecule has 3 N–H and O–H groups in total. The van der Waals surface area contributed by atoms with Gasteiger partial charge in [0.2, 0.25) is 10.0 Å². The topological polar surface area (TPSA) is 105 Å². The number of rotatable bonds is 8. The van der Waals surface area contributed by atoms with Crippen molar-refractivity contribution < 1.29 is 23.2 Å². The molecule has 0 heterocycles. The van der Waals surface area contributed by atoms with Crippen LogP contribution in [0.1, 0.15) is 13.8 Å². The zero-order chi connectivity index (χ0) is 17.5. The molecule has 1 unspecified atom stereocenters. The van der Waals surface area contributed by atoms with Gasteiger partial charge in [0.25, 0.3) is 5.91 Å². The summed E-state index contributed by atoms with van der Waals surface area (Å²) >= 11 is 0. The first kappa shape index (κ1) is 18.9. The second-order valence-electron chi connectivity index (χ2n) is 5.01. The first-order chi connectivity index (χ1) is 10.8. The number of hydrogen-bond donors (Lipinski definition) is 3. The molecule has 0 bridgehead atoms. The number of hydroxylamine groups is 1. The fourth-order valence-corrected chi connectivity index (χ4v) is 3.05. The van der Waals surface area contributed by atoms with E-state index in [0.29, 0.717) is 5.75 Å². The van der Waals surface area contributed by atoms with Crippen LogP contribution in [0.2, 0.25) is 0 Å². The summed E-state index contributed by atoms with van der Waals surface area (Å²) in [6.45, 7) is 7.00. The molecule has 1 aromatic rings. The van der Waals surface area contributed by atoms with Gasteiger partial charge in [-0.3, -0.25) is 10.0 Å². The van der Waals surface area contributed by atoms with Crippen molar-refractivity contribution in [3.63, 3.8) is 0 Å². The lowest BCUT2D eigenvalue weighted by atomic mass is 10.1. The first-order valence-corrected chi connectivity index (χ1v) is 8.33. The van der Waals surface area contributed by atoms with Gasteiger partial charge in [-0.2, -0.15) is 4.72 Å². The zero-order valence-corrected chi connectivity index (χ0v) is 13.8. The van der Waals surface area contributed by atoms with Crippen LogP contribution in [-0.4, -0.2) is 32.2 Å². The molecule has 0 saturated carbocycles. The lowest BCUT2D eigenvalue weighted by Crippen LogP contribution is -2.48. The van der Waals surface area contributed by atoms with Gasteiger partial charge >= 0.3 is 0 Å². The molecule has 0 aliphatic carbocycles. The zero-order valence-electron chi connectivity index (χ0n) is 12.9. The molecule has 0 saturated heterocycles. The van der Waals surface area contributed by atoms with E-state index in [0.717, 1.165) is 0 Å². The van der Waals surface area contributed by atoms with Gasteiger partial charge in [0, 0.05) is 0 Å². The largest absolute Gasteiger partial charge is 0.489 e. The molecular weight excluding hydrogens is 320 g/mol. The normalized spacial score (nSPS) is 12.3. The molecule has 126 valence electrons. The minimum absolute atomic E-state index is 0.0134. The van der Waals surface area contributed by atoms with E-state index in [1.54, 1.807) is 19.9 Å². The van der Waals surface area contributed by atoms with Crippen molar-refractivity contribution >= 4 is 15.9 Å². The van der Waals surface area contributed by atoms with E-state index in [2.05, 4.69) is 17.0 Å². The maximum Gasteiger partial charge on any atom is 0.261 e. The molecule has 0 fully saturated rings. The number of nitrogens with one attached hydrogen (secondary N) is 2. The molecule has 0 aromatic heterocycles. The van der Waals surface area contributed by atoms with Crippen molar-refractivity contribution in [3.05, 3.63) is 42.7 Å². The van der Waals surface area contributed by atoms with Crippen LogP contribution in [0.3, 0.4) is 0 Å². The van der Waals surface area contributed by atoms with Crippen molar-refractivity contribution in [1.29, 1.82) is 0 Å². The molecule has 0 spiro atoms. The van der Waals surface area contributed by atoms with Gasteiger partial charge in [0.15, 0.2) is 0 Å². The highest BCUT2D eigenvalue weighted by Gasteiger charge is 2.28. The van der Waals surface area contributed by atoms with Crippen LogP contribution in [0.15, 0.2) is 47.5 Å². The summed E-state index contributed by atoms with van der Waals surface area (Å²) in [5, 5.41) is 8.70. The number of sulfonamides is 1. The van der Waals surface area contributed by atoms with Gasteiger partial charge < -0.3 is 4.74 Å². The first-order valence-electron chi connectivity index (χ1n) is 6.85. The van der Waals surface area contributed by atoms with Crippen molar-refractivity contribution in [2.45, 2.75) is 24.8 Å². The molecule has 0 aliphatic rings. The van der Waals surface area contributed by atoms with Crippen molar-refractivity contribution in [2.24, 2.45) is 5.92 Å². The Morgan fingerprint density at radius 2 is 2.00 bits per heavy atom. The van der Waals surface area contributed by atoms with Crippen LogP contribution in [0, 0.1) is 5.92 Å². The highest BCUT2D eigenvalue weighted by Crippen LogP contribution is 2.17. The maximum absolute atomic E-state index is 12.3. The highest BCUT2D eigenvalue weighted by atomic mass is 32.2. The number of carbonyl (C=O) groups is 1. The molecule has 1 rings (SSSR count). The SMILES string of the molecule is C=C=CCOc1ccc(S(=O)(=O)NC(C(=O)NO)C(C)C)cc1. The Kier molecular flexibility index (Phi) is 6.99. The summed E-state index contributed by atoms with van der Waals surface area (Å²) in [5.74, 6) is -0.672. The van der Waals surface area contributed by atoms with Gasteiger partial charge in [0.05, 0.1) is 4.90 Å². The number of benzene rings is 1. The molecule has 0 radical (unpaired) electrons. The molecule has 1 aromatic carbocycles. The molecule has 0 aliphatic heterocycles. The summed E-state index contributed by atoms with van der Waals surface area (Å²) < 4.78 is 32.2. The summed E-state index contributed by atoms with van der Waals surface area (Å²) in [5.41, 5.74) is 4.02. The van der Waals surface area contributed by atoms with Gasteiger partial charge in [-0.1, -0.05) is 20.4 Å². The molecule has 7 nitrogen and oxygen atoms in total. The number of carbonyl (C=O) groups excluding carboxylic acids is 1. The Bertz CT molecular complexity index is 676.